The van der Waals surface area contributed by atoms with E-state index >= 15 is 0 Å². The van der Waals surface area contributed by atoms with Crippen molar-refractivity contribution in [3.8, 4) is 17.1 Å². The molecule has 0 atom stereocenters. The molecule has 0 unspecified atom stereocenters. The van der Waals surface area contributed by atoms with E-state index in [1.165, 1.54) is 92.1 Å². The van der Waals surface area contributed by atoms with Gasteiger partial charge in [0.1, 0.15) is 5.69 Å². The van der Waals surface area contributed by atoms with Gasteiger partial charge in [0.15, 0.2) is 11.0 Å². The topological polar surface area (TPSA) is 8.81 Å². The Morgan fingerprint density at radius 2 is 1.30 bits per heavy atom. The van der Waals surface area contributed by atoms with Crippen LogP contribution in [0.2, 0.25) is 0 Å². The standard InChI is InChI=1S/C44H43N2S/c1-25(2)31-22-34(26(3)4)42(35(23-31)27(5)6)46-39-16-12-11-15-38(39)45(8)44(46)41-28(7)17-20-33-37-21-30-19-18-29-13-9-10-14-32(29)36(30)24-40(37)47-43(33)41/h9-27H,1-8H3/q+1. The predicted octanol–water partition coefficient (Wildman–Crippen LogP) is 12.5. The Balaban J connectivity index is 1.52. The molecule has 8 rings (SSSR count). The third kappa shape index (κ3) is 4.54. The molecule has 0 fully saturated rings. The first kappa shape index (κ1) is 29.9. The third-order valence-corrected chi connectivity index (χ3v) is 11.5. The number of benzene rings is 6. The lowest BCUT2D eigenvalue weighted by Gasteiger charge is -2.22. The number of hydrogen-bond donors (Lipinski definition) is 0. The lowest BCUT2D eigenvalue weighted by Crippen LogP contribution is -2.30. The fourth-order valence-electron chi connectivity index (χ4n) is 7.71. The Labute approximate surface area is 281 Å². The summed E-state index contributed by atoms with van der Waals surface area (Å²) in [6, 6.07) is 36.8. The summed E-state index contributed by atoms with van der Waals surface area (Å²) in [5, 5.41) is 7.91. The van der Waals surface area contributed by atoms with E-state index in [2.05, 4.69) is 162 Å². The van der Waals surface area contributed by atoms with Gasteiger partial charge in [-0.05, 0) is 81.6 Å². The number of nitrogens with zero attached hydrogens (tertiary/aromatic N) is 2. The molecule has 2 aromatic heterocycles. The molecule has 47 heavy (non-hydrogen) atoms. The minimum atomic E-state index is 0.379. The summed E-state index contributed by atoms with van der Waals surface area (Å²) in [4.78, 5) is 0. The normalized spacial score (nSPS) is 12.4. The predicted molar refractivity (Wildman–Crippen MR) is 205 cm³/mol. The SMILES string of the molecule is Cc1ccc2c(sc3cc4c(ccc5ccccc54)cc32)c1-c1n(-c2c(C(C)C)cc(C(C)C)cc2C(C)C)c2ccccc2[n+]1C. The van der Waals surface area contributed by atoms with Gasteiger partial charge in [-0.15, -0.1) is 11.3 Å². The fraction of sp³-hybridized carbons (Fsp3) is 0.250. The summed E-state index contributed by atoms with van der Waals surface area (Å²) in [7, 11) is 2.26. The maximum absolute atomic E-state index is 2.61. The Morgan fingerprint density at radius 1 is 0.617 bits per heavy atom. The van der Waals surface area contributed by atoms with Gasteiger partial charge in [0, 0.05) is 26.6 Å². The number of hydrogen-bond acceptors (Lipinski definition) is 1. The van der Waals surface area contributed by atoms with E-state index in [9.17, 15) is 0 Å². The molecule has 2 heterocycles. The van der Waals surface area contributed by atoms with E-state index in [4.69, 9.17) is 0 Å². The molecule has 0 aliphatic heterocycles. The highest BCUT2D eigenvalue weighted by Gasteiger charge is 2.33. The summed E-state index contributed by atoms with van der Waals surface area (Å²) in [6.45, 7) is 16.3. The van der Waals surface area contributed by atoms with Crippen LogP contribution in [0.15, 0.2) is 97.1 Å². The highest BCUT2D eigenvalue weighted by molar-refractivity contribution is 7.26. The molecule has 0 saturated carbocycles. The Hall–Kier alpha value is -4.47. The minimum absolute atomic E-state index is 0.379. The summed E-state index contributed by atoms with van der Waals surface area (Å²) in [5.41, 5.74) is 10.7. The number of rotatable bonds is 5. The number of imidazole rings is 1. The van der Waals surface area contributed by atoms with Crippen LogP contribution in [0, 0.1) is 6.92 Å². The van der Waals surface area contributed by atoms with Crippen molar-refractivity contribution in [1.29, 1.82) is 0 Å². The summed E-state index contributed by atoms with van der Waals surface area (Å²) < 4.78 is 7.75. The molecule has 0 radical (unpaired) electrons. The second-order valence-corrected chi connectivity index (χ2v) is 15.4. The van der Waals surface area contributed by atoms with Gasteiger partial charge in [-0.25, -0.2) is 4.57 Å². The first-order valence-electron chi connectivity index (χ1n) is 17.1. The summed E-state index contributed by atoms with van der Waals surface area (Å²) in [5.74, 6) is 2.48. The van der Waals surface area contributed by atoms with Crippen molar-refractivity contribution < 1.29 is 4.57 Å². The number of aryl methyl sites for hydroxylation is 2. The summed E-state index contributed by atoms with van der Waals surface area (Å²) in [6.07, 6.45) is 0. The monoisotopic (exact) mass is 631 g/mol. The van der Waals surface area contributed by atoms with E-state index in [1.54, 1.807) is 0 Å². The molecule has 234 valence electrons. The van der Waals surface area contributed by atoms with E-state index in [0.29, 0.717) is 17.8 Å². The molecule has 0 aliphatic carbocycles. The molecular formula is C44H43N2S+. The van der Waals surface area contributed by atoms with Crippen LogP contribution in [0.1, 0.15) is 81.5 Å². The van der Waals surface area contributed by atoms with Crippen molar-refractivity contribution in [3.05, 3.63) is 119 Å². The molecule has 0 amide bonds. The van der Waals surface area contributed by atoms with Crippen LogP contribution in [0.4, 0.5) is 0 Å². The Morgan fingerprint density at radius 3 is 2.02 bits per heavy atom. The molecule has 6 aromatic carbocycles. The second kappa shape index (κ2) is 11.1. The zero-order chi connectivity index (χ0) is 32.7. The largest absolute Gasteiger partial charge is 0.296 e. The van der Waals surface area contributed by atoms with Crippen molar-refractivity contribution in [2.75, 3.05) is 0 Å². The van der Waals surface area contributed by atoms with Gasteiger partial charge in [0.05, 0.1) is 17.3 Å². The average Bonchev–Trinajstić information content (AvgIpc) is 3.56. The van der Waals surface area contributed by atoms with Gasteiger partial charge >= 0.3 is 0 Å². The molecule has 0 aliphatic rings. The fourth-order valence-corrected chi connectivity index (χ4v) is 9.03. The molecule has 0 saturated heterocycles. The molecule has 0 N–H and O–H groups in total. The Bertz CT molecular complexity index is 2490. The first-order valence-corrected chi connectivity index (χ1v) is 17.9. The molecule has 0 bridgehead atoms. The molecule has 3 heteroatoms. The first-order chi connectivity index (χ1) is 22.6. The number of fused-ring (bicyclic) bond motifs is 7. The average molecular weight is 632 g/mol. The van der Waals surface area contributed by atoms with Gasteiger partial charge in [-0.3, -0.25) is 0 Å². The third-order valence-electron chi connectivity index (χ3n) is 10.3. The van der Waals surface area contributed by atoms with Gasteiger partial charge in [0.2, 0.25) is 0 Å². The van der Waals surface area contributed by atoms with Crippen molar-refractivity contribution in [3.63, 3.8) is 0 Å². The molecule has 2 nitrogen and oxygen atoms in total. The van der Waals surface area contributed by atoms with Gasteiger partial charge in [0.25, 0.3) is 5.82 Å². The van der Waals surface area contributed by atoms with Crippen molar-refractivity contribution >= 4 is 64.1 Å². The maximum atomic E-state index is 2.61. The van der Waals surface area contributed by atoms with Crippen LogP contribution in [-0.2, 0) is 7.05 Å². The van der Waals surface area contributed by atoms with E-state index in [-0.39, 0.29) is 0 Å². The smallest absolute Gasteiger partial charge is 0.225 e. The lowest BCUT2D eigenvalue weighted by molar-refractivity contribution is -0.633. The van der Waals surface area contributed by atoms with Crippen molar-refractivity contribution in [1.82, 2.24) is 4.57 Å². The second-order valence-electron chi connectivity index (χ2n) is 14.3. The van der Waals surface area contributed by atoms with E-state index in [1.807, 2.05) is 11.3 Å². The highest BCUT2D eigenvalue weighted by Crippen LogP contribution is 2.45. The number of para-hydroxylation sites is 2. The lowest BCUT2D eigenvalue weighted by atomic mass is 9.87. The van der Waals surface area contributed by atoms with Crippen LogP contribution in [0.25, 0.3) is 69.8 Å². The quantitative estimate of drug-likeness (QED) is 0.132. The van der Waals surface area contributed by atoms with Gasteiger partial charge in [-0.2, -0.15) is 4.57 Å². The van der Waals surface area contributed by atoms with Crippen LogP contribution in [0.5, 0.6) is 0 Å². The zero-order valence-corrected chi connectivity index (χ0v) is 29.6. The summed E-state index contributed by atoms with van der Waals surface area (Å²) >= 11 is 1.94. The Kier molecular flexibility index (Phi) is 7.04. The van der Waals surface area contributed by atoms with Crippen LogP contribution in [-0.4, -0.2) is 4.57 Å². The highest BCUT2D eigenvalue weighted by atomic mass is 32.1. The number of thiophene rings is 1. The van der Waals surface area contributed by atoms with Crippen LogP contribution in [0.3, 0.4) is 0 Å². The minimum Gasteiger partial charge on any atom is -0.225 e. The van der Waals surface area contributed by atoms with Crippen molar-refractivity contribution in [2.24, 2.45) is 7.05 Å². The van der Waals surface area contributed by atoms with Crippen LogP contribution < -0.4 is 4.57 Å². The van der Waals surface area contributed by atoms with Crippen LogP contribution >= 0.6 is 11.3 Å². The van der Waals surface area contributed by atoms with Crippen molar-refractivity contribution in [2.45, 2.75) is 66.2 Å². The number of aromatic nitrogens is 2. The van der Waals surface area contributed by atoms with E-state index in [0.717, 1.165) is 0 Å². The zero-order valence-electron chi connectivity index (χ0n) is 28.8. The van der Waals surface area contributed by atoms with Gasteiger partial charge < -0.3 is 0 Å². The molecular weight excluding hydrogens is 589 g/mol. The maximum Gasteiger partial charge on any atom is 0.296 e. The molecule has 8 aromatic rings. The van der Waals surface area contributed by atoms with Gasteiger partial charge in [-0.1, -0.05) is 114 Å². The molecule has 0 spiro atoms. The van der Waals surface area contributed by atoms with E-state index < -0.39 is 0 Å².